The van der Waals surface area contributed by atoms with Crippen molar-refractivity contribution in [3.63, 3.8) is 0 Å². The number of aryl methyl sites for hydroxylation is 1. The third-order valence-electron chi connectivity index (χ3n) is 4.75. The molecule has 1 N–H and O–H groups in total. The third kappa shape index (κ3) is 4.31. The van der Waals surface area contributed by atoms with E-state index in [0.29, 0.717) is 11.7 Å². The van der Waals surface area contributed by atoms with E-state index in [1.54, 1.807) is 29.1 Å². The topological polar surface area (TPSA) is 117 Å². The molecule has 0 spiro atoms. The van der Waals surface area contributed by atoms with Crippen molar-refractivity contribution in [2.75, 3.05) is 6.54 Å². The van der Waals surface area contributed by atoms with E-state index >= 15 is 0 Å². The highest BCUT2D eigenvalue weighted by Crippen LogP contribution is 2.38. The van der Waals surface area contributed by atoms with Gasteiger partial charge in [0.15, 0.2) is 5.82 Å². The Bertz CT molecular complexity index is 1160. The monoisotopic (exact) mass is 395 g/mol. The summed E-state index contributed by atoms with van der Waals surface area (Å²) in [5.41, 5.74) is 0.265. The van der Waals surface area contributed by atoms with E-state index in [1.165, 1.54) is 21.5 Å². The predicted octanol–water partition coefficient (Wildman–Crippen LogP) is -0.0121. The van der Waals surface area contributed by atoms with E-state index < -0.39 is 0 Å². The van der Waals surface area contributed by atoms with Gasteiger partial charge in [0.05, 0.1) is 12.2 Å². The van der Waals surface area contributed by atoms with Gasteiger partial charge in [-0.3, -0.25) is 19.0 Å². The third-order valence-corrected chi connectivity index (χ3v) is 4.75. The van der Waals surface area contributed by atoms with Gasteiger partial charge in [-0.05, 0) is 31.9 Å². The van der Waals surface area contributed by atoms with Gasteiger partial charge in [0, 0.05) is 37.0 Å². The Morgan fingerprint density at radius 3 is 2.59 bits per heavy atom. The highest BCUT2D eigenvalue weighted by molar-refractivity contribution is 5.75. The number of aromatic nitrogens is 6. The van der Waals surface area contributed by atoms with Crippen LogP contribution in [0, 0.1) is 6.92 Å². The maximum atomic E-state index is 12.2. The summed E-state index contributed by atoms with van der Waals surface area (Å²) in [7, 11) is 0. The first-order chi connectivity index (χ1) is 14.0. The molecule has 0 aromatic carbocycles. The predicted molar refractivity (Wildman–Crippen MR) is 104 cm³/mol. The first-order valence-corrected chi connectivity index (χ1v) is 9.44. The quantitative estimate of drug-likeness (QED) is 0.601. The molecule has 10 nitrogen and oxygen atoms in total. The van der Waals surface area contributed by atoms with E-state index in [9.17, 15) is 14.4 Å². The number of amides is 1. The maximum absolute atomic E-state index is 12.2. The lowest BCUT2D eigenvalue weighted by molar-refractivity contribution is -0.121. The molecule has 3 heterocycles. The van der Waals surface area contributed by atoms with Crippen molar-refractivity contribution >= 4 is 5.91 Å². The number of hydrogen-bond acceptors (Lipinski definition) is 6. The molecule has 29 heavy (non-hydrogen) atoms. The zero-order chi connectivity index (χ0) is 20.4. The van der Waals surface area contributed by atoms with Crippen molar-refractivity contribution < 1.29 is 4.79 Å². The standard InChI is InChI=1S/C19H21N7O3/c1-13-20-8-10-24(13)16-5-7-18(28)25(23-16)11-9-21-17(27)12-26-19(29)6-4-15(22-26)14-2-3-14/h4-8,10,14H,2-3,9,11-12H2,1H3,(H,21,27). The second-order valence-corrected chi connectivity index (χ2v) is 6.98. The Kier molecular flexibility index (Phi) is 5.07. The van der Waals surface area contributed by atoms with Crippen molar-refractivity contribution in [3.05, 3.63) is 68.9 Å². The Morgan fingerprint density at radius 1 is 1.10 bits per heavy atom. The van der Waals surface area contributed by atoms with Crippen LogP contribution in [-0.4, -0.2) is 41.6 Å². The summed E-state index contributed by atoms with van der Waals surface area (Å²) < 4.78 is 4.22. The molecule has 1 fully saturated rings. The molecule has 3 aromatic heterocycles. The van der Waals surface area contributed by atoms with Crippen molar-refractivity contribution in [1.82, 2.24) is 34.4 Å². The number of nitrogens with one attached hydrogen (secondary N) is 1. The van der Waals surface area contributed by atoms with Crippen molar-refractivity contribution in [1.29, 1.82) is 0 Å². The minimum absolute atomic E-state index is 0.157. The number of imidazole rings is 1. The molecule has 1 aliphatic rings. The van der Waals surface area contributed by atoms with E-state index in [2.05, 4.69) is 20.5 Å². The Balaban J connectivity index is 1.37. The molecule has 150 valence electrons. The summed E-state index contributed by atoms with van der Waals surface area (Å²) in [6, 6.07) is 6.22. The second-order valence-electron chi connectivity index (χ2n) is 6.98. The lowest BCUT2D eigenvalue weighted by Crippen LogP contribution is -2.36. The normalized spacial score (nSPS) is 13.4. The van der Waals surface area contributed by atoms with Gasteiger partial charge in [0.25, 0.3) is 11.1 Å². The van der Waals surface area contributed by atoms with Gasteiger partial charge in [0.1, 0.15) is 12.4 Å². The van der Waals surface area contributed by atoms with Crippen LogP contribution in [0.3, 0.4) is 0 Å². The van der Waals surface area contributed by atoms with Gasteiger partial charge >= 0.3 is 0 Å². The van der Waals surface area contributed by atoms with Crippen LogP contribution in [0.2, 0.25) is 0 Å². The molecule has 0 saturated heterocycles. The SMILES string of the molecule is Cc1nccn1-c1ccc(=O)n(CCNC(=O)Cn2nc(C3CC3)ccc2=O)n1. The number of rotatable bonds is 7. The zero-order valence-corrected chi connectivity index (χ0v) is 16.0. The van der Waals surface area contributed by atoms with Gasteiger partial charge in [-0.25, -0.2) is 14.3 Å². The molecular formula is C19H21N7O3. The molecule has 0 atom stereocenters. The van der Waals surface area contributed by atoms with E-state index in [4.69, 9.17) is 0 Å². The van der Waals surface area contributed by atoms with E-state index in [-0.39, 0.29) is 36.7 Å². The molecule has 0 bridgehead atoms. The molecule has 0 radical (unpaired) electrons. The molecule has 10 heteroatoms. The Labute approximate surface area is 165 Å². The molecular weight excluding hydrogens is 374 g/mol. The fourth-order valence-corrected chi connectivity index (χ4v) is 3.01. The van der Waals surface area contributed by atoms with Gasteiger partial charge in [-0.2, -0.15) is 10.2 Å². The van der Waals surface area contributed by atoms with Crippen molar-refractivity contribution in [2.45, 2.75) is 38.8 Å². The van der Waals surface area contributed by atoms with Crippen LogP contribution < -0.4 is 16.4 Å². The maximum Gasteiger partial charge on any atom is 0.267 e. The summed E-state index contributed by atoms with van der Waals surface area (Å²) in [4.78, 5) is 40.3. The highest BCUT2D eigenvalue weighted by atomic mass is 16.2. The summed E-state index contributed by atoms with van der Waals surface area (Å²) in [5, 5.41) is 11.3. The molecule has 1 aliphatic carbocycles. The van der Waals surface area contributed by atoms with Crippen LogP contribution in [0.4, 0.5) is 0 Å². The lowest BCUT2D eigenvalue weighted by atomic mass is 10.3. The summed E-state index contributed by atoms with van der Waals surface area (Å²) in [6.07, 6.45) is 5.54. The van der Waals surface area contributed by atoms with Crippen LogP contribution >= 0.6 is 0 Å². The van der Waals surface area contributed by atoms with Crippen molar-refractivity contribution in [2.24, 2.45) is 0 Å². The first-order valence-electron chi connectivity index (χ1n) is 9.44. The zero-order valence-electron chi connectivity index (χ0n) is 16.0. The molecule has 1 saturated carbocycles. The van der Waals surface area contributed by atoms with Gasteiger partial charge in [-0.1, -0.05) is 0 Å². The minimum Gasteiger partial charge on any atom is -0.353 e. The molecule has 0 aliphatic heterocycles. The smallest absolute Gasteiger partial charge is 0.267 e. The molecule has 4 rings (SSSR count). The largest absolute Gasteiger partial charge is 0.353 e. The highest BCUT2D eigenvalue weighted by Gasteiger charge is 2.25. The Hall–Kier alpha value is -3.56. The number of carbonyl (C=O) groups is 1. The number of nitrogens with zero attached hydrogens (tertiary/aromatic N) is 6. The van der Waals surface area contributed by atoms with E-state index in [1.807, 2.05) is 6.92 Å². The summed E-state index contributed by atoms with van der Waals surface area (Å²) in [6.45, 7) is 2.09. The van der Waals surface area contributed by atoms with Crippen LogP contribution in [-0.2, 0) is 17.9 Å². The lowest BCUT2D eigenvalue weighted by Gasteiger charge is -2.10. The van der Waals surface area contributed by atoms with Crippen LogP contribution in [0.25, 0.3) is 5.82 Å². The van der Waals surface area contributed by atoms with Crippen molar-refractivity contribution in [3.8, 4) is 5.82 Å². The van der Waals surface area contributed by atoms with Crippen LogP contribution in [0.15, 0.2) is 46.2 Å². The minimum atomic E-state index is -0.345. The molecule has 1 amide bonds. The Morgan fingerprint density at radius 2 is 1.86 bits per heavy atom. The van der Waals surface area contributed by atoms with Crippen LogP contribution in [0.1, 0.15) is 30.3 Å². The van der Waals surface area contributed by atoms with Gasteiger partial charge in [-0.15, -0.1) is 0 Å². The van der Waals surface area contributed by atoms with E-state index in [0.717, 1.165) is 24.4 Å². The summed E-state index contributed by atoms with van der Waals surface area (Å²) >= 11 is 0. The average Bonchev–Trinajstić information content (AvgIpc) is 3.46. The van der Waals surface area contributed by atoms with Gasteiger partial charge in [0.2, 0.25) is 5.91 Å². The molecule has 0 unspecified atom stereocenters. The summed E-state index contributed by atoms with van der Waals surface area (Å²) in [5.74, 6) is 1.37. The van der Waals surface area contributed by atoms with Crippen LogP contribution in [0.5, 0.6) is 0 Å². The van der Waals surface area contributed by atoms with Gasteiger partial charge < -0.3 is 5.32 Å². The first kappa shape index (κ1) is 18.8. The number of carbonyl (C=O) groups excluding carboxylic acids is 1. The fraction of sp³-hybridized carbons (Fsp3) is 0.368. The fourth-order valence-electron chi connectivity index (χ4n) is 3.01. The average molecular weight is 395 g/mol. The second kappa shape index (κ2) is 7.82. The molecule has 3 aromatic rings. The number of hydrogen-bond donors (Lipinski definition) is 1.